The molecular weight excluding hydrogens is 172 g/mol. The molecule has 1 aromatic rings. The normalized spacial score (nSPS) is 27.6. The van der Waals surface area contributed by atoms with Gasteiger partial charge in [-0.25, -0.2) is 0 Å². The molecule has 1 heteroatoms. The van der Waals surface area contributed by atoms with Crippen molar-refractivity contribution >= 4 is 5.78 Å². The molecule has 0 bridgehead atoms. The van der Waals surface area contributed by atoms with Gasteiger partial charge in [-0.05, 0) is 25.3 Å². The maximum atomic E-state index is 11.9. The predicted molar refractivity (Wildman–Crippen MR) is 57.3 cm³/mol. The Balaban J connectivity index is 2.35. The van der Waals surface area contributed by atoms with Crippen LogP contribution in [-0.2, 0) is 10.2 Å². The Morgan fingerprint density at radius 2 is 1.86 bits per heavy atom. The maximum absolute atomic E-state index is 11.9. The number of carbonyl (C=O) groups is 1. The molecule has 0 heterocycles. The highest BCUT2D eigenvalue weighted by molar-refractivity contribution is 5.90. The zero-order valence-electron chi connectivity index (χ0n) is 8.62. The van der Waals surface area contributed by atoms with Crippen LogP contribution in [0.2, 0.25) is 0 Å². The molecule has 14 heavy (non-hydrogen) atoms. The largest absolute Gasteiger partial charge is 0.299 e. The van der Waals surface area contributed by atoms with Gasteiger partial charge in [-0.2, -0.15) is 0 Å². The van der Waals surface area contributed by atoms with E-state index in [0.717, 1.165) is 19.3 Å². The van der Waals surface area contributed by atoms with Crippen molar-refractivity contribution < 1.29 is 4.79 Å². The van der Waals surface area contributed by atoms with E-state index in [1.807, 2.05) is 18.2 Å². The summed E-state index contributed by atoms with van der Waals surface area (Å²) in [6, 6.07) is 10.2. The van der Waals surface area contributed by atoms with Crippen LogP contribution in [0.3, 0.4) is 0 Å². The Morgan fingerprint density at radius 3 is 2.50 bits per heavy atom. The van der Waals surface area contributed by atoms with Crippen LogP contribution in [-0.4, -0.2) is 5.78 Å². The van der Waals surface area contributed by atoms with Gasteiger partial charge in [0, 0.05) is 6.42 Å². The Hall–Kier alpha value is -1.11. The molecule has 0 N–H and O–H groups in total. The van der Waals surface area contributed by atoms with E-state index in [1.54, 1.807) is 0 Å². The number of Topliss-reactive ketones (excluding diaryl/α,β-unsaturated/α-hetero) is 1. The van der Waals surface area contributed by atoms with Gasteiger partial charge in [0.05, 0.1) is 5.41 Å². The van der Waals surface area contributed by atoms with Crippen molar-refractivity contribution in [3.8, 4) is 0 Å². The Kier molecular flexibility index (Phi) is 2.40. The summed E-state index contributed by atoms with van der Waals surface area (Å²) in [5.41, 5.74) is 0.976. The lowest BCUT2D eigenvalue weighted by Gasteiger charge is -2.32. The molecule has 1 aliphatic rings. The van der Waals surface area contributed by atoms with Crippen LogP contribution >= 0.6 is 0 Å². The SMILES string of the molecule is C[C@]1(c2ccccc2)CCCCC1=O. The Morgan fingerprint density at radius 1 is 1.14 bits per heavy atom. The van der Waals surface area contributed by atoms with Gasteiger partial charge in [0.15, 0.2) is 0 Å². The van der Waals surface area contributed by atoms with Crippen molar-refractivity contribution in [2.24, 2.45) is 0 Å². The third kappa shape index (κ3) is 1.47. The Labute approximate surface area is 85.1 Å². The van der Waals surface area contributed by atoms with Gasteiger partial charge in [0.25, 0.3) is 0 Å². The van der Waals surface area contributed by atoms with Gasteiger partial charge in [-0.1, -0.05) is 36.8 Å². The average Bonchev–Trinajstić information content (AvgIpc) is 2.24. The summed E-state index contributed by atoms with van der Waals surface area (Å²) in [7, 11) is 0. The van der Waals surface area contributed by atoms with Crippen LogP contribution in [0.1, 0.15) is 38.2 Å². The van der Waals surface area contributed by atoms with Gasteiger partial charge < -0.3 is 0 Å². The fraction of sp³-hybridized carbons (Fsp3) is 0.462. The van der Waals surface area contributed by atoms with E-state index < -0.39 is 0 Å². The molecule has 0 aromatic heterocycles. The van der Waals surface area contributed by atoms with Crippen molar-refractivity contribution in [1.82, 2.24) is 0 Å². The lowest BCUT2D eigenvalue weighted by molar-refractivity contribution is -0.125. The van der Waals surface area contributed by atoms with E-state index in [4.69, 9.17) is 0 Å². The van der Waals surface area contributed by atoms with E-state index in [-0.39, 0.29) is 5.41 Å². The molecule has 0 spiro atoms. The van der Waals surface area contributed by atoms with Gasteiger partial charge in [-0.3, -0.25) is 4.79 Å². The molecule has 0 unspecified atom stereocenters. The summed E-state index contributed by atoms with van der Waals surface area (Å²) in [5, 5.41) is 0. The van der Waals surface area contributed by atoms with Crippen molar-refractivity contribution in [2.75, 3.05) is 0 Å². The zero-order chi connectivity index (χ0) is 10.0. The molecule has 1 aliphatic carbocycles. The zero-order valence-corrected chi connectivity index (χ0v) is 8.62. The van der Waals surface area contributed by atoms with Crippen LogP contribution in [0.25, 0.3) is 0 Å². The molecule has 1 nitrogen and oxygen atoms in total. The number of carbonyl (C=O) groups excluding carboxylic acids is 1. The first-order valence-corrected chi connectivity index (χ1v) is 5.32. The van der Waals surface area contributed by atoms with Crippen LogP contribution < -0.4 is 0 Å². The van der Waals surface area contributed by atoms with Crippen molar-refractivity contribution in [2.45, 2.75) is 38.0 Å². The fourth-order valence-electron chi connectivity index (χ4n) is 2.29. The molecule has 1 atom stereocenters. The molecule has 1 saturated carbocycles. The molecular formula is C13H16O. The molecule has 1 fully saturated rings. The van der Waals surface area contributed by atoms with E-state index in [2.05, 4.69) is 19.1 Å². The highest BCUT2D eigenvalue weighted by Gasteiger charge is 2.36. The number of rotatable bonds is 1. The predicted octanol–water partition coefficient (Wildman–Crippen LogP) is 3.09. The number of hydrogen-bond donors (Lipinski definition) is 0. The lowest BCUT2D eigenvalue weighted by atomic mass is 9.70. The highest BCUT2D eigenvalue weighted by atomic mass is 16.1. The minimum atomic E-state index is -0.209. The van der Waals surface area contributed by atoms with E-state index in [0.29, 0.717) is 5.78 Å². The van der Waals surface area contributed by atoms with Gasteiger partial charge in [0.2, 0.25) is 0 Å². The molecule has 0 saturated heterocycles. The van der Waals surface area contributed by atoms with Crippen LogP contribution in [0.15, 0.2) is 30.3 Å². The van der Waals surface area contributed by atoms with Gasteiger partial charge in [0.1, 0.15) is 5.78 Å². The second kappa shape index (κ2) is 3.56. The minimum absolute atomic E-state index is 0.209. The monoisotopic (exact) mass is 188 g/mol. The summed E-state index contributed by atoms with van der Waals surface area (Å²) < 4.78 is 0. The molecule has 74 valence electrons. The highest BCUT2D eigenvalue weighted by Crippen LogP contribution is 2.35. The van der Waals surface area contributed by atoms with Gasteiger partial charge >= 0.3 is 0 Å². The first-order valence-electron chi connectivity index (χ1n) is 5.32. The first-order chi connectivity index (χ1) is 6.73. The molecule has 0 radical (unpaired) electrons. The summed E-state index contributed by atoms with van der Waals surface area (Å²) in [4.78, 5) is 11.9. The van der Waals surface area contributed by atoms with E-state index in [9.17, 15) is 4.79 Å². The van der Waals surface area contributed by atoms with Crippen molar-refractivity contribution in [3.05, 3.63) is 35.9 Å². The maximum Gasteiger partial charge on any atom is 0.143 e. The summed E-state index contributed by atoms with van der Waals surface area (Å²) in [6.07, 6.45) is 4.01. The second-order valence-corrected chi connectivity index (χ2v) is 4.33. The quantitative estimate of drug-likeness (QED) is 0.662. The fourth-order valence-corrected chi connectivity index (χ4v) is 2.29. The van der Waals surface area contributed by atoms with Gasteiger partial charge in [-0.15, -0.1) is 0 Å². The molecule has 0 aliphatic heterocycles. The minimum Gasteiger partial charge on any atom is -0.299 e. The third-order valence-electron chi connectivity index (χ3n) is 3.36. The average molecular weight is 188 g/mol. The first kappa shape index (κ1) is 9.45. The lowest BCUT2D eigenvalue weighted by Crippen LogP contribution is -2.35. The number of hydrogen-bond acceptors (Lipinski definition) is 1. The van der Waals surface area contributed by atoms with Crippen LogP contribution in [0.5, 0.6) is 0 Å². The standard InChI is InChI=1S/C13H16O/c1-13(10-6-5-9-12(13)14)11-7-3-2-4-8-11/h2-4,7-8H,5-6,9-10H2,1H3/t13-/m1/s1. The topological polar surface area (TPSA) is 17.1 Å². The smallest absolute Gasteiger partial charge is 0.143 e. The summed E-state index contributed by atoms with van der Waals surface area (Å²) in [5.74, 6) is 0.412. The van der Waals surface area contributed by atoms with Crippen LogP contribution in [0, 0.1) is 0 Å². The van der Waals surface area contributed by atoms with Crippen molar-refractivity contribution in [3.63, 3.8) is 0 Å². The summed E-state index contributed by atoms with van der Waals surface area (Å²) in [6.45, 7) is 2.09. The molecule has 2 rings (SSSR count). The van der Waals surface area contributed by atoms with E-state index >= 15 is 0 Å². The second-order valence-electron chi connectivity index (χ2n) is 4.33. The third-order valence-corrected chi connectivity index (χ3v) is 3.36. The Bertz CT molecular complexity index is 328. The van der Waals surface area contributed by atoms with Crippen molar-refractivity contribution in [1.29, 1.82) is 0 Å². The van der Waals surface area contributed by atoms with Crippen LogP contribution in [0.4, 0.5) is 0 Å². The van der Waals surface area contributed by atoms with E-state index in [1.165, 1.54) is 12.0 Å². The summed E-state index contributed by atoms with van der Waals surface area (Å²) >= 11 is 0. The number of ketones is 1. The number of benzene rings is 1. The molecule has 1 aromatic carbocycles. The molecule has 0 amide bonds.